The van der Waals surface area contributed by atoms with Gasteiger partial charge in [-0.1, -0.05) is 13.8 Å². The van der Waals surface area contributed by atoms with Crippen LogP contribution in [0.2, 0.25) is 0 Å². The Bertz CT molecular complexity index is 271. The lowest BCUT2D eigenvalue weighted by Crippen LogP contribution is -2.24. The molecule has 0 aliphatic carbocycles. The highest BCUT2D eigenvalue weighted by Gasteiger charge is 1.95. The smallest absolute Gasteiger partial charge is 0.123 e. The van der Waals surface area contributed by atoms with Gasteiger partial charge >= 0.3 is 0 Å². The number of halogens is 1. The Morgan fingerprint density at radius 3 is 2.53 bits per heavy atom. The molecule has 0 unspecified atom stereocenters. The summed E-state index contributed by atoms with van der Waals surface area (Å²) in [5.41, 5.74) is 0. The molecule has 3 heteroatoms. The second-order valence-electron chi connectivity index (χ2n) is 3.76. The summed E-state index contributed by atoms with van der Waals surface area (Å²) in [6, 6.07) is 6.61. The van der Waals surface area contributed by atoms with Crippen molar-refractivity contribution < 1.29 is 9.13 Å². The second kappa shape index (κ2) is 6.40. The highest BCUT2D eigenvalue weighted by atomic mass is 19.1. The maximum Gasteiger partial charge on any atom is 0.123 e. The standard InChI is InChI=1S/C12H18FNO/c1-10(2)14-8-3-9-15-12-6-4-11(13)5-7-12/h4-7,10,14H,3,8-9H2,1-2H3. The molecular weight excluding hydrogens is 193 g/mol. The van der Waals surface area contributed by atoms with E-state index in [0.717, 1.165) is 18.7 Å². The molecule has 2 nitrogen and oxygen atoms in total. The van der Waals surface area contributed by atoms with Crippen molar-refractivity contribution in [1.82, 2.24) is 5.32 Å². The molecule has 0 amide bonds. The van der Waals surface area contributed by atoms with Crippen molar-refractivity contribution in [1.29, 1.82) is 0 Å². The van der Waals surface area contributed by atoms with Crippen LogP contribution in [0.1, 0.15) is 20.3 Å². The predicted octanol–water partition coefficient (Wildman–Crippen LogP) is 2.59. The third-order valence-electron chi connectivity index (χ3n) is 1.96. The summed E-state index contributed by atoms with van der Waals surface area (Å²) in [4.78, 5) is 0. The van der Waals surface area contributed by atoms with Crippen molar-refractivity contribution in [2.75, 3.05) is 13.2 Å². The van der Waals surface area contributed by atoms with Crippen molar-refractivity contribution in [3.05, 3.63) is 30.1 Å². The second-order valence-corrected chi connectivity index (χ2v) is 3.76. The highest BCUT2D eigenvalue weighted by Crippen LogP contribution is 2.10. The van der Waals surface area contributed by atoms with Crippen LogP contribution in [0.25, 0.3) is 0 Å². The summed E-state index contributed by atoms with van der Waals surface area (Å²) in [6.07, 6.45) is 0.954. The van der Waals surface area contributed by atoms with E-state index in [1.54, 1.807) is 12.1 Å². The number of hydrogen-bond acceptors (Lipinski definition) is 2. The van der Waals surface area contributed by atoms with Gasteiger partial charge in [-0.05, 0) is 37.2 Å². The molecule has 0 aromatic heterocycles. The monoisotopic (exact) mass is 211 g/mol. The van der Waals surface area contributed by atoms with Gasteiger partial charge in [0.1, 0.15) is 11.6 Å². The maximum atomic E-state index is 12.6. The van der Waals surface area contributed by atoms with Gasteiger partial charge in [0.15, 0.2) is 0 Å². The van der Waals surface area contributed by atoms with Gasteiger partial charge in [0.25, 0.3) is 0 Å². The molecule has 1 N–H and O–H groups in total. The summed E-state index contributed by atoms with van der Waals surface area (Å²) < 4.78 is 18.0. The minimum Gasteiger partial charge on any atom is -0.494 e. The molecule has 15 heavy (non-hydrogen) atoms. The van der Waals surface area contributed by atoms with Crippen LogP contribution < -0.4 is 10.1 Å². The van der Waals surface area contributed by atoms with E-state index in [0.29, 0.717) is 12.6 Å². The molecule has 0 radical (unpaired) electrons. The Kier molecular flexibility index (Phi) is 5.12. The van der Waals surface area contributed by atoms with Gasteiger partial charge in [-0.3, -0.25) is 0 Å². The largest absolute Gasteiger partial charge is 0.494 e. The molecule has 0 spiro atoms. The van der Waals surface area contributed by atoms with E-state index in [2.05, 4.69) is 19.2 Å². The lowest BCUT2D eigenvalue weighted by atomic mass is 10.3. The Labute approximate surface area is 90.4 Å². The fraction of sp³-hybridized carbons (Fsp3) is 0.500. The van der Waals surface area contributed by atoms with Gasteiger partial charge in [-0.15, -0.1) is 0 Å². The Morgan fingerprint density at radius 2 is 1.93 bits per heavy atom. The summed E-state index contributed by atoms with van der Waals surface area (Å²) >= 11 is 0. The fourth-order valence-electron chi connectivity index (χ4n) is 1.18. The van der Waals surface area contributed by atoms with E-state index in [4.69, 9.17) is 4.74 Å². The average molecular weight is 211 g/mol. The van der Waals surface area contributed by atoms with Gasteiger partial charge < -0.3 is 10.1 Å². The lowest BCUT2D eigenvalue weighted by molar-refractivity contribution is 0.306. The molecule has 84 valence electrons. The van der Waals surface area contributed by atoms with Gasteiger partial charge in [0.2, 0.25) is 0 Å². The normalized spacial score (nSPS) is 10.7. The number of rotatable bonds is 6. The van der Waals surface area contributed by atoms with Crippen molar-refractivity contribution in [3.8, 4) is 5.75 Å². The first-order valence-corrected chi connectivity index (χ1v) is 5.30. The number of hydrogen-bond donors (Lipinski definition) is 1. The number of nitrogens with one attached hydrogen (secondary N) is 1. The minimum absolute atomic E-state index is 0.233. The summed E-state index contributed by atoms with van der Waals surface area (Å²) in [5, 5.41) is 3.30. The topological polar surface area (TPSA) is 21.3 Å². The van der Waals surface area contributed by atoms with E-state index < -0.39 is 0 Å². The predicted molar refractivity (Wildman–Crippen MR) is 59.7 cm³/mol. The number of benzene rings is 1. The molecule has 1 rings (SSSR count). The molecule has 0 atom stereocenters. The van der Waals surface area contributed by atoms with Crippen molar-refractivity contribution in [3.63, 3.8) is 0 Å². The first kappa shape index (κ1) is 12.0. The van der Waals surface area contributed by atoms with Crippen LogP contribution in [-0.2, 0) is 0 Å². The molecule has 1 aromatic carbocycles. The van der Waals surface area contributed by atoms with E-state index in [-0.39, 0.29) is 5.82 Å². The SMILES string of the molecule is CC(C)NCCCOc1ccc(F)cc1. The van der Waals surface area contributed by atoms with Crippen molar-refractivity contribution in [2.45, 2.75) is 26.3 Å². The molecule has 0 bridgehead atoms. The molecule has 0 saturated carbocycles. The lowest BCUT2D eigenvalue weighted by Gasteiger charge is -2.08. The zero-order valence-corrected chi connectivity index (χ0v) is 9.29. The highest BCUT2D eigenvalue weighted by molar-refractivity contribution is 5.21. The first-order chi connectivity index (χ1) is 7.18. The van der Waals surface area contributed by atoms with Gasteiger partial charge in [-0.25, -0.2) is 4.39 Å². The quantitative estimate of drug-likeness (QED) is 0.730. The third kappa shape index (κ3) is 5.37. The van der Waals surface area contributed by atoms with Crippen LogP contribution in [0.5, 0.6) is 5.75 Å². The molecule has 0 heterocycles. The van der Waals surface area contributed by atoms with Gasteiger partial charge in [0, 0.05) is 6.04 Å². The molecular formula is C12H18FNO. The number of ether oxygens (including phenoxy) is 1. The fourth-order valence-corrected chi connectivity index (χ4v) is 1.18. The van der Waals surface area contributed by atoms with Gasteiger partial charge in [0.05, 0.1) is 6.61 Å². The molecule has 0 fully saturated rings. The van der Waals surface area contributed by atoms with Crippen LogP contribution in [0, 0.1) is 5.82 Å². The van der Waals surface area contributed by atoms with Crippen molar-refractivity contribution >= 4 is 0 Å². The minimum atomic E-state index is -0.233. The first-order valence-electron chi connectivity index (χ1n) is 5.30. The molecule has 0 saturated heterocycles. The Hall–Kier alpha value is -1.09. The summed E-state index contributed by atoms with van der Waals surface area (Å²) in [5.74, 6) is 0.491. The van der Waals surface area contributed by atoms with E-state index in [9.17, 15) is 4.39 Å². The summed E-state index contributed by atoms with van der Waals surface area (Å²) in [6.45, 7) is 5.83. The van der Waals surface area contributed by atoms with Crippen LogP contribution in [-0.4, -0.2) is 19.2 Å². The van der Waals surface area contributed by atoms with Crippen LogP contribution >= 0.6 is 0 Å². The maximum absolute atomic E-state index is 12.6. The van der Waals surface area contributed by atoms with Gasteiger partial charge in [-0.2, -0.15) is 0 Å². The Balaban J connectivity index is 2.12. The third-order valence-corrected chi connectivity index (χ3v) is 1.96. The Morgan fingerprint density at radius 1 is 1.27 bits per heavy atom. The van der Waals surface area contributed by atoms with Crippen LogP contribution in [0.15, 0.2) is 24.3 Å². The van der Waals surface area contributed by atoms with E-state index >= 15 is 0 Å². The molecule has 0 aliphatic rings. The van der Waals surface area contributed by atoms with E-state index in [1.807, 2.05) is 0 Å². The summed E-state index contributed by atoms with van der Waals surface area (Å²) in [7, 11) is 0. The zero-order valence-electron chi connectivity index (χ0n) is 9.29. The van der Waals surface area contributed by atoms with Crippen LogP contribution in [0.3, 0.4) is 0 Å². The van der Waals surface area contributed by atoms with Crippen molar-refractivity contribution in [2.24, 2.45) is 0 Å². The molecule has 1 aromatic rings. The molecule has 0 aliphatic heterocycles. The van der Waals surface area contributed by atoms with Crippen LogP contribution in [0.4, 0.5) is 4.39 Å². The average Bonchev–Trinajstić information content (AvgIpc) is 2.20. The zero-order chi connectivity index (χ0) is 11.1. The van der Waals surface area contributed by atoms with E-state index in [1.165, 1.54) is 12.1 Å².